The van der Waals surface area contributed by atoms with Crippen LogP contribution in [-0.2, 0) is 9.53 Å². The first-order valence-corrected chi connectivity index (χ1v) is 18.3. The highest BCUT2D eigenvalue weighted by Crippen LogP contribution is 2.66. The Morgan fingerprint density at radius 2 is 1.43 bits per heavy atom. The summed E-state index contributed by atoms with van der Waals surface area (Å²) in [6.07, 6.45) is 34.1. The van der Waals surface area contributed by atoms with E-state index in [1.54, 1.807) is 5.57 Å². The summed E-state index contributed by atoms with van der Waals surface area (Å²) in [5, 5.41) is 0. The number of hydrogen-bond acceptors (Lipinski definition) is 2. The van der Waals surface area contributed by atoms with Gasteiger partial charge in [-0.25, -0.2) is 0 Å². The molecule has 0 aromatic rings. The van der Waals surface area contributed by atoms with Crippen LogP contribution in [0.1, 0.15) is 182 Å². The molecule has 0 aliphatic heterocycles. The number of esters is 1. The summed E-state index contributed by atoms with van der Waals surface area (Å²) in [4.78, 5) is 12.6. The van der Waals surface area contributed by atoms with E-state index in [0.717, 1.165) is 42.9 Å². The molecule has 3 fully saturated rings. The fraction of sp³-hybridized carbons (Fsp3) is 0.921. The van der Waals surface area contributed by atoms with Crippen molar-refractivity contribution in [3.05, 3.63) is 11.6 Å². The lowest BCUT2D eigenvalue weighted by atomic mass is 9.47. The normalized spacial score (nSPS) is 35.0. The molecule has 0 heterocycles. The Labute approximate surface area is 249 Å². The second kappa shape index (κ2) is 15.6. The fourth-order valence-corrected chi connectivity index (χ4v) is 10.1. The average molecular weight is 555 g/mol. The molecular weight excluding hydrogens is 488 g/mol. The van der Waals surface area contributed by atoms with Crippen molar-refractivity contribution in [3.63, 3.8) is 0 Å². The van der Waals surface area contributed by atoms with E-state index in [1.807, 2.05) is 0 Å². The molecule has 2 nitrogen and oxygen atoms in total. The third-order valence-corrected chi connectivity index (χ3v) is 12.7. The highest BCUT2D eigenvalue weighted by molar-refractivity contribution is 5.69. The maximum absolute atomic E-state index is 12.6. The van der Waals surface area contributed by atoms with E-state index in [2.05, 4.69) is 33.8 Å². The number of allylic oxidation sites excluding steroid dienone is 1. The molecule has 0 aromatic carbocycles. The second-order valence-corrected chi connectivity index (χ2v) is 15.2. The van der Waals surface area contributed by atoms with Crippen molar-refractivity contribution in [1.82, 2.24) is 0 Å². The SMILES string of the molecule is CCCCCCCCCCC(=O)O[C@H]1CC[C@@]2(C)C(=CCC3C4CCC(CCCCCCCC)[C@@]4(C)CCC32)C1. The minimum absolute atomic E-state index is 0.0599. The molecule has 0 bridgehead atoms. The van der Waals surface area contributed by atoms with Crippen LogP contribution in [0, 0.1) is 34.5 Å². The Hall–Kier alpha value is -0.790. The summed E-state index contributed by atoms with van der Waals surface area (Å²) >= 11 is 0. The van der Waals surface area contributed by atoms with E-state index < -0.39 is 0 Å². The molecule has 4 unspecified atom stereocenters. The topological polar surface area (TPSA) is 26.3 Å². The quantitative estimate of drug-likeness (QED) is 0.101. The van der Waals surface area contributed by atoms with E-state index in [0.29, 0.717) is 17.3 Å². The maximum Gasteiger partial charge on any atom is 0.306 e. The van der Waals surface area contributed by atoms with Crippen LogP contribution in [0.5, 0.6) is 0 Å². The highest BCUT2D eigenvalue weighted by Gasteiger charge is 2.58. The van der Waals surface area contributed by atoms with Crippen LogP contribution in [0.3, 0.4) is 0 Å². The van der Waals surface area contributed by atoms with Crippen LogP contribution in [0.15, 0.2) is 11.6 Å². The van der Waals surface area contributed by atoms with Gasteiger partial charge in [0.05, 0.1) is 0 Å². The van der Waals surface area contributed by atoms with Gasteiger partial charge in [-0.1, -0.05) is 123 Å². The Morgan fingerprint density at radius 1 is 0.775 bits per heavy atom. The van der Waals surface area contributed by atoms with E-state index >= 15 is 0 Å². The Morgan fingerprint density at radius 3 is 2.12 bits per heavy atom. The first kappa shape index (κ1) is 32.1. The maximum atomic E-state index is 12.6. The molecule has 230 valence electrons. The van der Waals surface area contributed by atoms with E-state index in [-0.39, 0.29) is 12.1 Å². The summed E-state index contributed by atoms with van der Waals surface area (Å²) in [6, 6.07) is 0. The lowest BCUT2D eigenvalue weighted by Gasteiger charge is -2.58. The van der Waals surface area contributed by atoms with Crippen LogP contribution in [-0.4, -0.2) is 12.1 Å². The summed E-state index contributed by atoms with van der Waals surface area (Å²) in [7, 11) is 0. The van der Waals surface area contributed by atoms with Gasteiger partial charge >= 0.3 is 5.97 Å². The van der Waals surface area contributed by atoms with Crippen LogP contribution in [0.2, 0.25) is 0 Å². The standard InChI is InChI=1S/C38H66O2/c1-5-7-9-11-13-14-16-18-20-36(39)40-32-25-27-38(4)31(29-32)21-23-33-34-24-22-30(19-17-15-12-10-8-6-2)37(34,3)28-26-35(33)38/h21,30,32-35H,5-20,22-29H2,1-4H3/t30?,32-,33?,34?,35?,37+,38-/m0/s1. The number of hydrogen-bond donors (Lipinski definition) is 0. The molecule has 0 aromatic heterocycles. The van der Waals surface area contributed by atoms with Crippen LogP contribution < -0.4 is 0 Å². The number of rotatable bonds is 17. The molecule has 0 spiro atoms. The first-order chi connectivity index (χ1) is 19.4. The Balaban J connectivity index is 1.22. The number of fused-ring (bicyclic) bond motifs is 5. The van der Waals surface area contributed by atoms with Gasteiger partial charge in [-0.15, -0.1) is 0 Å². The van der Waals surface area contributed by atoms with Crippen molar-refractivity contribution < 1.29 is 9.53 Å². The second-order valence-electron chi connectivity index (χ2n) is 15.2. The Kier molecular flexibility index (Phi) is 12.5. The molecule has 7 atom stereocenters. The molecule has 2 heteroatoms. The van der Waals surface area contributed by atoms with Crippen LogP contribution in [0.4, 0.5) is 0 Å². The minimum atomic E-state index is 0.0599. The molecular formula is C38H66O2. The van der Waals surface area contributed by atoms with E-state index in [9.17, 15) is 4.79 Å². The highest BCUT2D eigenvalue weighted by atomic mass is 16.5. The van der Waals surface area contributed by atoms with Gasteiger partial charge in [0.2, 0.25) is 0 Å². The van der Waals surface area contributed by atoms with Gasteiger partial charge in [0.1, 0.15) is 6.10 Å². The van der Waals surface area contributed by atoms with Gasteiger partial charge in [-0.3, -0.25) is 4.79 Å². The first-order valence-electron chi connectivity index (χ1n) is 18.3. The van der Waals surface area contributed by atoms with Crippen molar-refractivity contribution >= 4 is 5.97 Å². The van der Waals surface area contributed by atoms with Crippen LogP contribution >= 0.6 is 0 Å². The number of unbranched alkanes of at least 4 members (excludes halogenated alkanes) is 12. The number of carbonyl (C=O) groups is 1. The van der Waals surface area contributed by atoms with Crippen molar-refractivity contribution in [2.24, 2.45) is 34.5 Å². The molecule has 4 aliphatic rings. The molecule has 3 saturated carbocycles. The molecule has 0 radical (unpaired) electrons. The molecule has 0 amide bonds. The van der Waals surface area contributed by atoms with Gasteiger partial charge in [0.25, 0.3) is 0 Å². The zero-order chi connectivity index (χ0) is 28.4. The monoisotopic (exact) mass is 555 g/mol. The molecule has 40 heavy (non-hydrogen) atoms. The summed E-state index contributed by atoms with van der Waals surface area (Å²) in [6.45, 7) is 9.89. The Bertz CT molecular complexity index is 799. The molecule has 0 saturated heterocycles. The lowest BCUT2D eigenvalue weighted by molar-refractivity contribution is -0.151. The van der Waals surface area contributed by atoms with Gasteiger partial charge in [-0.05, 0) is 92.3 Å². The van der Waals surface area contributed by atoms with Crippen molar-refractivity contribution in [2.75, 3.05) is 0 Å². The zero-order valence-electron chi connectivity index (χ0n) is 27.3. The largest absolute Gasteiger partial charge is 0.462 e. The van der Waals surface area contributed by atoms with E-state index in [1.165, 1.54) is 128 Å². The van der Waals surface area contributed by atoms with Crippen molar-refractivity contribution in [2.45, 2.75) is 188 Å². The third-order valence-electron chi connectivity index (χ3n) is 12.7. The summed E-state index contributed by atoms with van der Waals surface area (Å²) < 4.78 is 6.07. The predicted octanol–water partition coefficient (Wildman–Crippen LogP) is 11.8. The average Bonchev–Trinajstić information content (AvgIpc) is 3.28. The predicted molar refractivity (Wildman–Crippen MR) is 170 cm³/mol. The van der Waals surface area contributed by atoms with Crippen LogP contribution in [0.25, 0.3) is 0 Å². The fourth-order valence-electron chi connectivity index (χ4n) is 10.1. The van der Waals surface area contributed by atoms with Gasteiger partial charge in [0, 0.05) is 12.8 Å². The van der Waals surface area contributed by atoms with Gasteiger partial charge in [0.15, 0.2) is 0 Å². The zero-order valence-corrected chi connectivity index (χ0v) is 27.3. The molecule has 4 rings (SSSR count). The smallest absolute Gasteiger partial charge is 0.306 e. The number of carbonyl (C=O) groups excluding carboxylic acids is 1. The lowest BCUT2D eigenvalue weighted by Crippen LogP contribution is -2.50. The van der Waals surface area contributed by atoms with Gasteiger partial charge in [-0.2, -0.15) is 0 Å². The van der Waals surface area contributed by atoms with Crippen molar-refractivity contribution in [1.29, 1.82) is 0 Å². The summed E-state index contributed by atoms with van der Waals surface area (Å²) in [5.74, 6) is 3.72. The van der Waals surface area contributed by atoms with Gasteiger partial charge < -0.3 is 4.74 Å². The molecule has 0 N–H and O–H groups in total. The molecule has 4 aliphatic carbocycles. The number of ether oxygens (including phenoxy) is 1. The summed E-state index contributed by atoms with van der Waals surface area (Å²) in [5.41, 5.74) is 2.59. The minimum Gasteiger partial charge on any atom is -0.462 e. The van der Waals surface area contributed by atoms with Crippen molar-refractivity contribution in [3.8, 4) is 0 Å². The van der Waals surface area contributed by atoms with E-state index in [4.69, 9.17) is 4.74 Å². The third kappa shape index (κ3) is 7.78.